The summed E-state index contributed by atoms with van der Waals surface area (Å²) >= 11 is 0. The number of H-pyrrole nitrogens is 1. The normalized spacial score (nSPS) is 12.3. The van der Waals surface area contributed by atoms with Crippen molar-refractivity contribution in [2.45, 2.75) is 46.1 Å². The van der Waals surface area contributed by atoms with Gasteiger partial charge in [0.15, 0.2) is 5.96 Å². The minimum atomic E-state index is -0.484. The zero-order valence-corrected chi connectivity index (χ0v) is 16.4. The molecule has 0 amide bonds. The van der Waals surface area contributed by atoms with E-state index in [9.17, 15) is 4.79 Å². The van der Waals surface area contributed by atoms with E-state index in [2.05, 4.69) is 51.9 Å². The third-order valence-corrected chi connectivity index (χ3v) is 4.00. The third kappa shape index (κ3) is 5.51. The number of guanidine groups is 1. The Hall–Kier alpha value is -2.50. The number of aromatic amines is 1. The van der Waals surface area contributed by atoms with Crippen molar-refractivity contribution in [2.24, 2.45) is 4.99 Å². The van der Waals surface area contributed by atoms with Crippen molar-refractivity contribution in [3.05, 3.63) is 35.5 Å². The number of aromatic nitrogens is 1. The van der Waals surface area contributed by atoms with Gasteiger partial charge in [-0.25, -0.2) is 0 Å². The molecule has 3 N–H and O–H groups in total. The van der Waals surface area contributed by atoms with E-state index in [-0.39, 0.29) is 12.5 Å². The summed E-state index contributed by atoms with van der Waals surface area (Å²) in [5.41, 5.74) is 3.34. The summed E-state index contributed by atoms with van der Waals surface area (Å²) < 4.78 is 5.28. The first kappa shape index (κ1) is 19.8. The number of nitrogens with one attached hydrogen (secondary N) is 3. The lowest BCUT2D eigenvalue weighted by atomic mass is 10.1. The summed E-state index contributed by atoms with van der Waals surface area (Å²) in [4.78, 5) is 19.3. The van der Waals surface area contributed by atoms with Crippen LogP contribution in [0.5, 0.6) is 0 Å². The Morgan fingerprint density at radius 1 is 1.23 bits per heavy atom. The molecule has 0 unspecified atom stereocenters. The van der Waals surface area contributed by atoms with Gasteiger partial charge in [-0.1, -0.05) is 25.1 Å². The molecule has 1 aromatic carbocycles. The SMILES string of the molecule is CCc1cccc2c(CCNC(=NC)NCC(=O)OC(C)(C)C)c[nH]c12. The molecular formula is C20H30N4O2. The minimum absolute atomic E-state index is 0.0872. The first-order valence-corrected chi connectivity index (χ1v) is 9.08. The molecule has 0 spiro atoms. The van der Waals surface area contributed by atoms with E-state index < -0.39 is 5.60 Å². The second-order valence-corrected chi connectivity index (χ2v) is 7.20. The van der Waals surface area contributed by atoms with Gasteiger partial charge < -0.3 is 20.4 Å². The number of aryl methyl sites for hydroxylation is 1. The number of hydrogen-bond donors (Lipinski definition) is 3. The fourth-order valence-corrected chi connectivity index (χ4v) is 2.85. The van der Waals surface area contributed by atoms with E-state index in [4.69, 9.17) is 4.74 Å². The van der Waals surface area contributed by atoms with E-state index in [1.807, 2.05) is 20.8 Å². The van der Waals surface area contributed by atoms with Gasteiger partial charge in [0, 0.05) is 30.7 Å². The van der Waals surface area contributed by atoms with Gasteiger partial charge in [-0.3, -0.25) is 9.79 Å². The van der Waals surface area contributed by atoms with Crippen molar-refractivity contribution in [3.8, 4) is 0 Å². The molecule has 0 fully saturated rings. The fourth-order valence-electron chi connectivity index (χ4n) is 2.85. The Morgan fingerprint density at radius 3 is 2.65 bits per heavy atom. The van der Waals surface area contributed by atoms with Crippen molar-refractivity contribution >= 4 is 22.8 Å². The van der Waals surface area contributed by atoms with Crippen molar-refractivity contribution in [1.82, 2.24) is 15.6 Å². The predicted molar refractivity (Wildman–Crippen MR) is 107 cm³/mol. The van der Waals surface area contributed by atoms with Crippen LogP contribution >= 0.6 is 0 Å². The highest BCUT2D eigenvalue weighted by Crippen LogP contribution is 2.22. The second-order valence-electron chi connectivity index (χ2n) is 7.20. The highest BCUT2D eigenvalue weighted by atomic mass is 16.6. The Kier molecular flexibility index (Phi) is 6.66. The summed E-state index contributed by atoms with van der Waals surface area (Å²) in [5, 5.41) is 7.49. The lowest BCUT2D eigenvalue weighted by molar-refractivity contribution is -0.153. The van der Waals surface area contributed by atoms with Crippen LogP contribution in [0.2, 0.25) is 0 Å². The van der Waals surface area contributed by atoms with Crippen LogP contribution in [0.25, 0.3) is 10.9 Å². The summed E-state index contributed by atoms with van der Waals surface area (Å²) in [6.07, 6.45) is 3.94. The highest BCUT2D eigenvalue weighted by molar-refractivity contribution is 5.86. The maximum atomic E-state index is 11.8. The molecule has 0 saturated heterocycles. The van der Waals surface area contributed by atoms with Crippen LogP contribution in [-0.4, -0.2) is 42.7 Å². The average molecular weight is 358 g/mol. The molecule has 0 aliphatic rings. The van der Waals surface area contributed by atoms with Gasteiger partial charge in [-0.2, -0.15) is 0 Å². The van der Waals surface area contributed by atoms with Gasteiger partial charge in [-0.05, 0) is 44.7 Å². The van der Waals surface area contributed by atoms with Crippen molar-refractivity contribution in [1.29, 1.82) is 0 Å². The zero-order chi connectivity index (χ0) is 19.2. The van der Waals surface area contributed by atoms with Gasteiger partial charge in [0.05, 0.1) is 0 Å². The number of esters is 1. The van der Waals surface area contributed by atoms with Crippen LogP contribution in [0.1, 0.15) is 38.8 Å². The van der Waals surface area contributed by atoms with E-state index in [1.165, 1.54) is 22.0 Å². The maximum absolute atomic E-state index is 11.8. The van der Waals surface area contributed by atoms with Gasteiger partial charge >= 0.3 is 5.97 Å². The molecule has 0 bridgehead atoms. The molecule has 142 valence electrons. The standard InChI is InChI=1S/C20H30N4O2/c1-6-14-8-7-9-16-15(12-23-18(14)16)10-11-22-19(21-5)24-13-17(25)26-20(2,3)4/h7-9,12,23H,6,10-11,13H2,1-5H3,(H2,21,22,24). The number of hydrogen-bond acceptors (Lipinski definition) is 3. The molecule has 2 aromatic rings. The summed E-state index contributed by atoms with van der Waals surface area (Å²) in [6, 6.07) is 6.41. The second kappa shape index (κ2) is 8.74. The van der Waals surface area contributed by atoms with Crippen LogP contribution in [0.15, 0.2) is 29.4 Å². The van der Waals surface area contributed by atoms with Crippen molar-refractivity contribution < 1.29 is 9.53 Å². The average Bonchev–Trinajstić information content (AvgIpc) is 2.99. The number of carbonyl (C=O) groups is 1. The van der Waals surface area contributed by atoms with Gasteiger partial charge in [0.2, 0.25) is 0 Å². The number of benzene rings is 1. The van der Waals surface area contributed by atoms with Gasteiger partial charge in [0.25, 0.3) is 0 Å². The van der Waals surface area contributed by atoms with E-state index in [0.29, 0.717) is 5.96 Å². The Labute approximate surface area is 155 Å². The van der Waals surface area contributed by atoms with Crippen molar-refractivity contribution in [2.75, 3.05) is 20.1 Å². The van der Waals surface area contributed by atoms with Gasteiger partial charge in [-0.15, -0.1) is 0 Å². The molecule has 0 saturated carbocycles. The number of carbonyl (C=O) groups excluding carboxylic acids is 1. The van der Waals surface area contributed by atoms with Crippen LogP contribution in [0.3, 0.4) is 0 Å². The molecule has 0 aliphatic heterocycles. The molecule has 0 aliphatic carbocycles. The van der Waals surface area contributed by atoms with Crippen molar-refractivity contribution in [3.63, 3.8) is 0 Å². The summed E-state index contributed by atoms with van der Waals surface area (Å²) in [6.45, 7) is 8.52. The molecule has 6 heteroatoms. The molecule has 0 atom stereocenters. The Bertz CT molecular complexity index is 772. The molecule has 6 nitrogen and oxygen atoms in total. The van der Waals surface area contributed by atoms with Gasteiger partial charge in [0.1, 0.15) is 12.1 Å². The summed E-state index contributed by atoms with van der Waals surface area (Å²) in [7, 11) is 1.68. The number of aliphatic imine (C=N–C) groups is 1. The number of fused-ring (bicyclic) bond motifs is 1. The summed E-state index contributed by atoms with van der Waals surface area (Å²) in [5.74, 6) is 0.286. The maximum Gasteiger partial charge on any atom is 0.325 e. The lowest BCUT2D eigenvalue weighted by Gasteiger charge is -2.20. The third-order valence-electron chi connectivity index (χ3n) is 4.00. The Morgan fingerprint density at radius 2 is 2.00 bits per heavy atom. The van der Waals surface area contributed by atoms with E-state index in [0.717, 1.165) is 19.4 Å². The number of para-hydroxylation sites is 1. The molecule has 0 radical (unpaired) electrons. The predicted octanol–water partition coefficient (Wildman–Crippen LogP) is 2.78. The largest absolute Gasteiger partial charge is 0.459 e. The van der Waals surface area contributed by atoms with Crippen LogP contribution in [0.4, 0.5) is 0 Å². The number of rotatable bonds is 6. The molecule has 26 heavy (non-hydrogen) atoms. The Balaban J connectivity index is 1.85. The number of ether oxygens (including phenoxy) is 1. The fraction of sp³-hybridized carbons (Fsp3) is 0.500. The highest BCUT2D eigenvalue weighted by Gasteiger charge is 2.16. The number of nitrogens with zero attached hydrogens (tertiary/aromatic N) is 1. The van der Waals surface area contributed by atoms with E-state index in [1.54, 1.807) is 7.05 Å². The van der Waals surface area contributed by atoms with E-state index >= 15 is 0 Å². The molecule has 2 rings (SSSR count). The zero-order valence-electron chi connectivity index (χ0n) is 16.4. The van der Waals surface area contributed by atoms with Crippen LogP contribution < -0.4 is 10.6 Å². The van der Waals surface area contributed by atoms with Crippen LogP contribution in [-0.2, 0) is 22.4 Å². The smallest absolute Gasteiger partial charge is 0.325 e. The quantitative estimate of drug-likeness (QED) is 0.421. The molecule has 1 aromatic heterocycles. The molecular weight excluding hydrogens is 328 g/mol. The van der Waals surface area contributed by atoms with Crippen LogP contribution in [0, 0.1) is 0 Å². The lowest BCUT2D eigenvalue weighted by Crippen LogP contribution is -2.42. The first-order chi connectivity index (χ1) is 12.3. The molecule has 1 heterocycles. The topological polar surface area (TPSA) is 78.5 Å². The first-order valence-electron chi connectivity index (χ1n) is 9.08. The monoisotopic (exact) mass is 358 g/mol. The minimum Gasteiger partial charge on any atom is -0.459 e.